The predicted octanol–water partition coefficient (Wildman–Crippen LogP) is 2.65. The highest BCUT2D eigenvalue weighted by atomic mass is 35.5. The molecule has 0 spiro atoms. The van der Waals surface area contributed by atoms with Crippen LogP contribution >= 0.6 is 11.6 Å². The van der Waals surface area contributed by atoms with E-state index in [9.17, 15) is 4.79 Å². The van der Waals surface area contributed by atoms with Gasteiger partial charge in [0.1, 0.15) is 0 Å². The molecule has 0 aromatic heterocycles. The lowest BCUT2D eigenvalue weighted by Gasteiger charge is -2.25. The number of benzene rings is 1. The summed E-state index contributed by atoms with van der Waals surface area (Å²) < 4.78 is 0. The predicted molar refractivity (Wildman–Crippen MR) is 102 cm³/mol. The summed E-state index contributed by atoms with van der Waals surface area (Å²) in [5.74, 6) is 2.35. The number of nitrogens with one attached hydrogen (secondary N) is 2. The van der Waals surface area contributed by atoms with Crippen molar-refractivity contribution >= 4 is 23.5 Å². The van der Waals surface area contributed by atoms with E-state index in [1.54, 1.807) is 19.0 Å². The molecule has 6 heteroatoms. The van der Waals surface area contributed by atoms with Gasteiger partial charge in [-0.2, -0.15) is 0 Å². The molecule has 2 saturated carbocycles. The van der Waals surface area contributed by atoms with Gasteiger partial charge in [-0.1, -0.05) is 30.2 Å². The number of halogens is 1. The number of fused-ring (bicyclic) bond motifs is 2. The molecule has 1 amide bonds. The van der Waals surface area contributed by atoms with E-state index in [2.05, 4.69) is 15.6 Å². The molecule has 25 heavy (non-hydrogen) atoms. The second-order valence-corrected chi connectivity index (χ2v) is 7.80. The molecular weight excluding hydrogens is 336 g/mol. The van der Waals surface area contributed by atoms with E-state index in [0.29, 0.717) is 23.6 Å². The molecule has 2 aliphatic rings. The monoisotopic (exact) mass is 362 g/mol. The highest BCUT2D eigenvalue weighted by Crippen LogP contribution is 2.44. The summed E-state index contributed by atoms with van der Waals surface area (Å²) in [6, 6.07) is 8.19. The van der Waals surface area contributed by atoms with Crippen LogP contribution in [0.25, 0.3) is 0 Å². The summed E-state index contributed by atoms with van der Waals surface area (Å²) in [6.45, 7) is 0.780. The number of hydrogen-bond donors (Lipinski definition) is 2. The Labute approximate surface area is 154 Å². The smallest absolute Gasteiger partial charge is 0.241 e. The molecule has 2 aliphatic carbocycles. The van der Waals surface area contributed by atoms with Gasteiger partial charge in [-0.25, -0.2) is 4.99 Å². The first-order valence-electron chi connectivity index (χ1n) is 9.00. The molecule has 136 valence electrons. The second kappa shape index (κ2) is 8.09. The van der Waals surface area contributed by atoms with Crippen LogP contribution in [-0.4, -0.2) is 43.4 Å². The standard InChI is InChI=1S/C19H27ClN4O/c1-24(2)18(25)12-22-19(21-11-14-4-3-5-16(20)9-14)23-17-10-13-6-7-15(17)8-13/h3-5,9,13,15,17H,6-8,10-12H2,1-2H3,(H2,21,22,23). The third-order valence-electron chi connectivity index (χ3n) is 5.27. The van der Waals surface area contributed by atoms with E-state index in [-0.39, 0.29) is 12.5 Å². The van der Waals surface area contributed by atoms with Crippen LogP contribution in [0.15, 0.2) is 29.3 Å². The fourth-order valence-electron chi connectivity index (χ4n) is 3.87. The lowest BCUT2D eigenvalue weighted by Crippen LogP contribution is -2.48. The Morgan fingerprint density at radius 3 is 2.80 bits per heavy atom. The minimum absolute atomic E-state index is 0.0326. The molecule has 0 saturated heterocycles. The zero-order valence-electron chi connectivity index (χ0n) is 15.0. The molecule has 3 atom stereocenters. The van der Waals surface area contributed by atoms with E-state index in [1.165, 1.54) is 25.7 Å². The van der Waals surface area contributed by atoms with Crippen molar-refractivity contribution in [3.63, 3.8) is 0 Å². The molecule has 0 radical (unpaired) electrons. The van der Waals surface area contributed by atoms with Crippen LogP contribution in [0.1, 0.15) is 31.2 Å². The number of guanidine groups is 1. The van der Waals surface area contributed by atoms with Crippen LogP contribution in [0.4, 0.5) is 0 Å². The molecular formula is C19H27ClN4O. The lowest BCUT2D eigenvalue weighted by molar-refractivity contribution is -0.127. The minimum Gasteiger partial charge on any atom is -0.353 e. The number of carbonyl (C=O) groups is 1. The number of carbonyl (C=O) groups excluding carboxylic acids is 1. The largest absolute Gasteiger partial charge is 0.353 e. The van der Waals surface area contributed by atoms with Gasteiger partial charge in [0.2, 0.25) is 5.91 Å². The first-order chi connectivity index (χ1) is 12.0. The Morgan fingerprint density at radius 2 is 2.16 bits per heavy atom. The number of hydrogen-bond acceptors (Lipinski definition) is 2. The summed E-state index contributed by atoms with van der Waals surface area (Å²) in [5.41, 5.74) is 1.06. The van der Waals surface area contributed by atoms with Crippen molar-refractivity contribution in [3.8, 4) is 0 Å². The molecule has 0 heterocycles. The van der Waals surface area contributed by atoms with Crippen molar-refractivity contribution < 1.29 is 4.79 Å². The van der Waals surface area contributed by atoms with Crippen molar-refractivity contribution in [1.82, 2.24) is 15.5 Å². The summed E-state index contributed by atoms with van der Waals surface area (Å²) >= 11 is 6.05. The first kappa shape index (κ1) is 18.1. The van der Waals surface area contributed by atoms with Gasteiger partial charge >= 0.3 is 0 Å². The van der Waals surface area contributed by atoms with Gasteiger partial charge in [-0.05, 0) is 48.8 Å². The zero-order chi connectivity index (χ0) is 17.8. The molecule has 3 unspecified atom stereocenters. The van der Waals surface area contributed by atoms with Gasteiger partial charge in [0.25, 0.3) is 0 Å². The van der Waals surface area contributed by atoms with Crippen molar-refractivity contribution in [2.24, 2.45) is 16.8 Å². The molecule has 3 rings (SSSR count). The Balaban J connectivity index is 1.64. The maximum atomic E-state index is 11.9. The fourth-order valence-corrected chi connectivity index (χ4v) is 4.09. The highest BCUT2D eigenvalue weighted by Gasteiger charge is 2.39. The molecule has 5 nitrogen and oxygen atoms in total. The average Bonchev–Trinajstić information content (AvgIpc) is 3.19. The molecule has 1 aromatic carbocycles. The maximum Gasteiger partial charge on any atom is 0.241 e. The van der Waals surface area contributed by atoms with Gasteiger partial charge in [0.05, 0.1) is 13.1 Å². The SMILES string of the molecule is CN(C)C(=O)CNC(=NCc1cccc(Cl)c1)NC1CC2CCC1C2. The van der Waals surface area contributed by atoms with Gasteiger partial charge in [-0.15, -0.1) is 0 Å². The fraction of sp³-hybridized carbons (Fsp3) is 0.579. The number of aliphatic imine (C=N–C) groups is 1. The Hall–Kier alpha value is -1.75. The summed E-state index contributed by atoms with van der Waals surface area (Å²) in [7, 11) is 3.52. The normalized spacial score (nSPS) is 25.1. The van der Waals surface area contributed by atoms with Crippen molar-refractivity contribution in [1.29, 1.82) is 0 Å². The van der Waals surface area contributed by atoms with E-state index in [1.807, 2.05) is 24.3 Å². The van der Waals surface area contributed by atoms with E-state index < -0.39 is 0 Å². The van der Waals surface area contributed by atoms with Gasteiger partial charge < -0.3 is 15.5 Å². The molecule has 2 fully saturated rings. The molecule has 2 bridgehead atoms. The quantitative estimate of drug-likeness (QED) is 0.625. The lowest BCUT2D eigenvalue weighted by atomic mass is 9.95. The van der Waals surface area contributed by atoms with Crippen LogP contribution in [0, 0.1) is 11.8 Å². The van der Waals surface area contributed by atoms with E-state index >= 15 is 0 Å². The Morgan fingerprint density at radius 1 is 1.32 bits per heavy atom. The van der Waals surface area contributed by atoms with Crippen LogP contribution < -0.4 is 10.6 Å². The van der Waals surface area contributed by atoms with Crippen molar-refractivity contribution in [2.45, 2.75) is 38.3 Å². The topological polar surface area (TPSA) is 56.7 Å². The molecule has 1 aromatic rings. The van der Waals surface area contributed by atoms with Crippen LogP contribution in [0.5, 0.6) is 0 Å². The van der Waals surface area contributed by atoms with E-state index in [0.717, 1.165) is 17.4 Å². The summed E-state index contributed by atoms with van der Waals surface area (Å²) in [5, 5.41) is 7.46. The Bertz CT molecular complexity index is 646. The second-order valence-electron chi connectivity index (χ2n) is 7.36. The summed E-state index contributed by atoms with van der Waals surface area (Å²) in [6.07, 6.45) is 5.21. The van der Waals surface area contributed by atoms with Crippen LogP contribution in [0.2, 0.25) is 5.02 Å². The maximum absolute atomic E-state index is 11.9. The first-order valence-corrected chi connectivity index (χ1v) is 9.38. The third-order valence-corrected chi connectivity index (χ3v) is 5.51. The van der Waals surface area contributed by atoms with Crippen LogP contribution in [0.3, 0.4) is 0 Å². The number of rotatable bonds is 5. The highest BCUT2D eigenvalue weighted by molar-refractivity contribution is 6.30. The van der Waals surface area contributed by atoms with Crippen molar-refractivity contribution in [3.05, 3.63) is 34.9 Å². The van der Waals surface area contributed by atoms with Crippen LogP contribution in [-0.2, 0) is 11.3 Å². The van der Waals surface area contributed by atoms with Crippen molar-refractivity contribution in [2.75, 3.05) is 20.6 Å². The van der Waals surface area contributed by atoms with Gasteiger partial charge in [-0.3, -0.25) is 4.79 Å². The molecule has 2 N–H and O–H groups in total. The Kier molecular flexibility index (Phi) is 5.84. The number of likely N-dealkylation sites (N-methyl/N-ethyl adjacent to an activating group) is 1. The van der Waals surface area contributed by atoms with Gasteiger partial charge in [0, 0.05) is 25.2 Å². The average molecular weight is 363 g/mol. The summed E-state index contributed by atoms with van der Waals surface area (Å²) in [4.78, 5) is 18.2. The molecule has 0 aliphatic heterocycles. The zero-order valence-corrected chi connectivity index (χ0v) is 15.7. The number of amides is 1. The van der Waals surface area contributed by atoms with Gasteiger partial charge in [0.15, 0.2) is 5.96 Å². The minimum atomic E-state index is 0.0326. The van der Waals surface area contributed by atoms with E-state index in [4.69, 9.17) is 11.6 Å². The third kappa shape index (κ3) is 4.88. The number of nitrogens with zero attached hydrogens (tertiary/aromatic N) is 2.